The summed E-state index contributed by atoms with van der Waals surface area (Å²) < 4.78 is 31.4. The highest BCUT2D eigenvalue weighted by atomic mass is 32.2. The Kier molecular flexibility index (Phi) is 4.65. The number of rotatable bonds is 2. The molecule has 0 unspecified atom stereocenters. The van der Waals surface area contributed by atoms with Gasteiger partial charge in [-0.05, 0) is 6.07 Å². The van der Waals surface area contributed by atoms with E-state index in [2.05, 4.69) is 11.4 Å². The Bertz CT molecular complexity index is 634. The van der Waals surface area contributed by atoms with Crippen molar-refractivity contribution in [2.45, 2.75) is 17.7 Å². The number of nitrogens with zero attached hydrogens (tertiary/aromatic N) is 2. The molecule has 116 valence electrons. The van der Waals surface area contributed by atoms with Gasteiger partial charge in [-0.2, -0.15) is 12.8 Å². The second kappa shape index (κ2) is 6.13. The lowest BCUT2D eigenvalue weighted by molar-refractivity contribution is -0.916. The molecule has 6 nitrogen and oxygen atoms in total. The monoisotopic (exact) mass is 312 g/mol. The summed E-state index contributed by atoms with van der Waals surface area (Å²) in [6.07, 6.45) is 2.75. The van der Waals surface area contributed by atoms with Crippen molar-refractivity contribution in [2.24, 2.45) is 4.40 Å². The van der Waals surface area contributed by atoms with Crippen LogP contribution in [0.5, 0.6) is 0 Å². The first-order chi connectivity index (χ1) is 9.88. The van der Waals surface area contributed by atoms with Crippen LogP contribution >= 0.6 is 0 Å². The molecule has 2 aliphatic rings. The van der Waals surface area contributed by atoms with E-state index in [4.69, 9.17) is 4.74 Å². The van der Waals surface area contributed by atoms with Crippen molar-refractivity contribution in [3.05, 3.63) is 29.8 Å². The standard InChI is InChI=1S/C7H5NO3S.C7H16NO/c9-7-5-3-1-2-4-6(5)12(10,11)8-7;1-8(7-9-2)5-3-4-6-8/h1-4H,(H,8,9);3-7H2,1-2H3/q;+1/p-1. The third kappa shape index (κ3) is 3.61. The average Bonchev–Trinajstić information content (AvgIpc) is 2.95. The van der Waals surface area contributed by atoms with Crippen LogP contribution in [0, 0.1) is 0 Å². The van der Waals surface area contributed by atoms with Crippen LogP contribution in [0.1, 0.15) is 18.4 Å². The minimum absolute atomic E-state index is 0.00926. The highest BCUT2D eigenvalue weighted by Crippen LogP contribution is 2.23. The molecule has 0 aromatic heterocycles. The molecule has 0 atom stereocenters. The zero-order valence-electron chi connectivity index (χ0n) is 12.3. The number of hydrogen-bond donors (Lipinski definition) is 0. The minimum atomic E-state index is -3.68. The molecule has 0 amide bonds. The number of benzene rings is 1. The van der Waals surface area contributed by atoms with E-state index >= 15 is 0 Å². The largest absolute Gasteiger partial charge is 0.858 e. The predicted molar refractivity (Wildman–Crippen MR) is 77.2 cm³/mol. The summed E-state index contributed by atoms with van der Waals surface area (Å²) in [6.45, 7) is 3.49. The van der Waals surface area contributed by atoms with E-state index < -0.39 is 15.9 Å². The molecule has 2 aliphatic heterocycles. The lowest BCUT2D eigenvalue weighted by atomic mass is 10.2. The van der Waals surface area contributed by atoms with Crippen molar-refractivity contribution in [3.8, 4) is 0 Å². The molecular formula is C14H20N2O4S. The van der Waals surface area contributed by atoms with Gasteiger partial charge in [-0.25, -0.2) is 0 Å². The highest BCUT2D eigenvalue weighted by molar-refractivity contribution is 7.90. The zero-order valence-corrected chi connectivity index (χ0v) is 13.1. The fourth-order valence-corrected chi connectivity index (χ4v) is 3.71. The third-order valence-corrected chi connectivity index (χ3v) is 5.00. The Morgan fingerprint density at radius 3 is 2.48 bits per heavy atom. The quantitative estimate of drug-likeness (QED) is 0.737. The highest BCUT2D eigenvalue weighted by Gasteiger charge is 2.25. The van der Waals surface area contributed by atoms with Gasteiger partial charge in [0.25, 0.3) is 10.0 Å². The maximum atomic E-state index is 11.1. The SMILES string of the molecule is COC[N+]1(C)CCCC1.O=S1(=O)N=C([O-])c2ccccc21. The molecule has 1 aromatic rings. The summed E-state index contributed by atoms with van der Waals surface area (Å²) >= 11 is 0. The summed E-state index contributed by atoms with van der Waals surface area (Å²) in [4.78, 5) is 0.00926. The van der Waals surface area contributed by atoms with E-state index in [1.807, 2.05) is 0 Å². The first kappa shape index (κ1) is 15.9. The van der Waals surface area contributed by atoms with Gasteiger partial charge in [0.15, 0.2) is 6.73 Å². The maximum Gasteiger partial charge on any atom is 0.282 e. The molecule has 1 saturated heterocycles. The van der Waals surface area contributed by atoms with E-state index in [1.54, 1.807) is 19.2 Å². The summed E-state index contributed by atoms with van der Waals surface area (Å²) in [7, 11) is 0.361. The van der Waals surface area contributed by atoms with Gasteiger partial charge in [0, 0.05) is 31.4 Å². The van der Waals surface area contributed by atoms with Crippen molar-refractivity contribution >= 4 is 15.9 Å². The molecule has 0 aliphatic carbocycles. The topological polar surface area (TPSA) is 78.8 Å². The van der Waals surface area contributed by atoms with E-state index in [9.17, 15) is 13.5 Å². The van der Waals surface area contributed by atoms with E-state index in [0.29, 0.717) is 0 Å². The van der Waals surface area contributed by atoms with Gasteiger partial charge in [-0.15, -0.1) is 0 Å². The molecule has 21 heavy (non-hydrogen) atoms. The third-order valence-electron chi connectivity index (χ3n) is 3.69. The van der Waals surface area contributed by atoms with Crippen LogP contribution in [-0.2, 0) is 14.8 Å². The number of hydrogen-bond acceptors (Lipinski definition) is 4. The Morgan fingerprint density at radius 2 is 1.90 bits per heavy atom. The van der Waals surface area contributed by atoms with Gasteiger partial charge in [-0.3, -0.25) is 0 Å². The van der Waals surface area contributed by atoms with Crippen LogP contribution in [0.25, 0.3) is 0 Å². The van der Waals surface area contributed by atoms with Crippen LogP contribution in [-0.4, -0.2) is 52.8 Å². The Labute approximate surface area is 125 Å². The van der Waals surface area contributed by atoms with Gasteiger partial charge >= 0.3 is 0 Å². The fraction of sp³-hybridized carbons (Fsp3) is 0.500. The Hall–Kier alpha value is -1.44. The maximum absolute atomic E-state index is 11.1. The minimum Gasteiger partial charge on any atom is -0.858 e. The number of methoxy groups -OCH3 is 1. The molecule has 0 spiro atoms. The van der Waals surface area contributed by atoms with Crippen molar-refractivity contribution in [3.63, 3.8) is 0 Å². The zero-order chi connectivity index (χ0) is 15.5. The van der Waals surface area contributed by atoms with Crippen molar-refractivity contribution in [1.82, 2.24) is 0 Å². The number of sulfonamides is 1. The molecule has 3 rings (SSSR count). The van der Waals surface area contributed by atoms with Crippen molar-refractivity contribution in [1.29, 1.82) is 0 Å². The van der Waals surface area contributed by atoms with E-state index in [-0.39, 0.29) is 10.5 Å². The second-order valence-corrected chi connectivity index (χ2v) is 7.13. The predicted octanol–water partition coefficient (Wildman–Crippen LogP) is 0.327. The van der Waals surface area contributed by atoms with Gasteiger partial charge in [0.05, 0.1) is 25.0 Å². The summed E-state index contributed by atoms with van der Waals surface area (Å²) in [5, 5.41) is 10.9. The number of quaternary nitrogens is 1. The van der Waals surface area contributed by atoms with Gasteiger partial charge in [0.2, 0.25) is 0 Å². The molecule has 0 N–H and O–H groups in total. The van der Waals surface area contributed by atoms with E-state index in [0.717, 1.165) is 11.2 Å². The molecule has 0 radical (unpaired) electrons. The molecule has 0 saturated carbocycles. The van der Waals surface area contributed by atoms with Crippen LogP contribution in [0.2, 0.25) is 0 Å². The lowest BCUT2D eigenvalue weighted by Crippen LogP contribution is -2.42. The average molecular weight is 312 g/mol. The fourth-order valence-electron chi connectivity index (χ4n) is 2.62. The molecule has 1 aromatic carbocycles. The second-order valence-electron chi connectivity index (χ2n) is 5.56. The van der Waals surface area contributed by atoms with Crippen LogP contribution in [0.4, 0.5) is 0 Å². The smallest absolute Gasteiger partial charge is 0.282 e. The lowest BCUT2D eigenvalue weighted by Gasteiger charge is -2.27. The molecule has 1 fully saturated rings. The first-order valence-electron chi connectivity index (χ1n) is 6.82. The van der Waals surface area contributed by atoms with Gasteiger partial charge < -0.3 is 14.3 Å². The number of likely N-dealkylation sites (tertiary alicyclic amines) is 1. The molecular weight excluding hydrogens is 292 g/mol. The normalized spacial score (nSPS) is 21.1. The van der Waals surface area contributed by atoms with Crippen molar-refractivity contribution in [2.75, 3.05) is 34.0 Å². The number of fused-ring (bicyclic) bond motifs is 1. The van der Waals surface area contributed by atoms with Gasteiger partial charge in [-0.1, -0.05) is 18.2 Å². The summed E-state index contributed by atoms with van der Waals surface area (Å²) in [5.41, 5.74) is 0.164. The van der Waals surface area contributed by atoms with Crippen molar-refractivity contribution < 1.29 is 22.7 Å². The molecule has 2 heterocycles. The summed E-state index contributed by atoms with van der Waals surface area (Å²) in [5.74, 6) is -0.675. The molecule has 7 heteroatoms. The van der Waals surface area contributed by atoms with Crippen LogP contribution in [0.3, 0.4) is 0 Å². The van der Waals surface area contributed by atoms with E-state index in [1.165, 1.54) is 38.1 Å². The van der Waals surface area contributed by atoms with Gasteiger partial charge in [0.1, 0.15) is 0 Å². The van der Waals surface area contributed by atoms with Crippen LogP contribution in [0.15, 0.2) is 33.6 Å². The summed E-state index contributed by atoms with van der Waals surface area (Å²) in [6, 6.07) is 5.99. The number of ether oxygens (including phenoxy) is 1. The Morgan fingerprint density at radius 1 is 1.29 bits per heavy atom. The van der Waals surface area contributed by atoms with Crippen LogP contribution < -0.4 is 5.11 Å². The molecule has 0 bridgehead atoms. The Balaban J connectivity index is 0.000000161. The first-order valence-corrected chi connectivity index (χ1v) is 8.26.